The molecule has 0 fully saturated rings. The zero-order valence-corrected chi connectivity index (χ0v) is 16.7. The summed E-state index contributed by atoms with van der Waals surface area (Å²) in [5.74, 6) is -1.42. The van der Waals surface area contributed by atoms with Crippen LogP contribution in [0, 0.1) is 5.92 Å². The Bertz CT molecular complexity index is 398. The van der Waals surface area contributed by atoms with E-state index in [-0.39, 0.29) is 12.5 Å². The maximum atomic E-state index is 13.5. The summed E-state index contributed by atoms with van der Waals surface area (Å²) < 4.78 is 30.1. The van der Waals surface area contributed by atoms with Gasteiger partial charge in [0.15, 0.2) is 0 Å². The predicted molar refractivity (Wildman–Crippen MR) is 94.4 cm³/mol. The number of aliphatic carboxylic acids is 1. The van der Waals surface area contributed by atoms with Gasteiger partial charge in [-0.05, 0) is 39.5 Å². The zero-order chi connectivity index (χ0) is 18.8. The normalized spacial score (nSPS) is 17.0. The molecular formula is C16H34NO6P. The molecule has 0 spiro atoms. The van der Waals surface area contributed by atoms with Gasteiger partial charge in [-0.15, -0.1) is 0 Å². The van der Waals surface area contributed by atoms with Gasteiger partial charge >= 0.3 is 5.97 Å². The van der Waals surface area contributed by atoms with E-state index in [1.165, 1.54) is 0 Å². The fraction of sp³-hybridized carbons (Fsp3) is 0.938. The molecule has 8 heteroatoms. The maximum absolute atomic E-state index is 13.5. The van der Waals surface area contributed by atoms with E-state index < -0.39 is 31.2 Å². The van der Waals surface area contributed by atoms with E-state index in [4.69, 9.17) is 14.0 Å². The van der Waals surface area contributed by atoms with Gasteiger partial charge < -0.3 is 19.1 Å². The Labute approximate surface area is 145 Å². The molecule has 0 unspecified atom stereocenters. The number of carbonyl (C=O) groups is 1. The minimum Gasteiger partial charge on any atom is -0.480 e. The highest BCUT2D eigenvalue weighted by Crippen LogP contribution is 2.57. The van der Waals surface area contributed by atoms with Crippen LogP contribution in [0.2, 0.25) is 0 Å². The van der Waals surface area contributed by atoms with Gasteiger partial charge in [-0.3, -0.25) is 14.7 Å². The molecule has 0 heterocycles. The number of hydrogen-bond acceptors (Lipinski definition) is 6. The highest BCUT2D eigenvalue weighted by Gasteiger charge is 2.44. The van der Waals surface area contributed by atoms with Crippen molar-refractivity contribution in [1.82, 2.24) is 5.32 Å². The van der Waals surface area contributed by atoms with Crippen molar-refractivity contribution in [3.63, 3.8) is 0 Å². The largest absolute Gasteiger partial charge is 0.480 e. The molecule has 0 saturated carbocycles. The monoisotopic (exact) mass is 367 g/mol. The molecule has 144 valence electrons. The van der Waals surface area contributed by atoms with E-state index in [0.29, 0.717) is 26.1 Å². The number of carboxylic acids is 1. The van der Waals surface area contributed by atoms with Crippen molar-refractivity contribution in [2.75, 3.05) is 19.8 Å². The molecule has 0 aliphatic carbocycles. The molecular weight excluding hydrogens is 333 g/mol. The fourth-order valence-electron chi connectivity index (χ4n) is 2.46. The lowest BCUT2D eigenvalue weighted by molar-refractivity contribution is -0.140. The van der Waals surface area contributed by atoms with Gasteiger partial charge in [0, 0.05) is 13.2 Å². The van der Waals surface area contributed by atoms with Crippen LogP contribution in [0.15, 0.2) is 0 Å². The van der Waals surface area contributed by atoms with E-state index in [9.17, 15) is 14.5 Å². The third kappa shape index (κ3) is 7.19. The van der Waals surface area contributed by atoms with Crippen LogP contribution in [0.4, 0.5) is 0 Å². The molecule has 0 saturated heterocycles. The molecule has 0 aromatic carbocycles. The van der Waals surface area contributed by atoms with Crippen LogP contribution in [0.1, 0.15) is 54.4 Å². The fourth-order valence-corrected chi connectivity index (χ4v) is 5.07. The molecule has 0 aromatic heterocycles. The SMILES string of the molecule is CCOC(OCC)[P@](=O)(OCC)[C@H](CC)N[C@@H](CC(C)C)C(=O)O. The first-order valence-corrected chi connectivity index (χ1v) is 10.5. The van der Waals surface area contributed by atoms with Crippen LogP contribution < -0.4 is 5.32 Å². The Morgan fingerprint density at radius 2 is 1.62 bits per heavy atom. The Hall–Kier alpha value is -0.460. The smallest absolute Gasteiger partial charge is 0.320 e. The summed E-state index contributed by atoms with van der Waals surface area (Å²) in [5.41, 5.74) is 0. The van der Waals surface area contributed by atoms with Crippen molar-refractivity contribution < 1.29 is 28.5 Å². The summed E-state index contributed by atoms with van der Waals surface area (Å²) in [6.07, 6.45) is 0.877. The van der Waals surface area contributed by atoms with E-state index in [2.05, 4.69) is 5.32 Å². The van der Waals surface area contributed by atoms with E-state index in [1.54, 1.807) is 20.8 Å². The maximum Gasteiger partial charge on any atom is 0.320 e. The molecule has 2 N–H and O–H groups in total. The standard InChI is InChI=1S/C16H34NO6P/c1-7-14(17-13(15(18)19)11-12(5)6)24(20,23-10-4)16(21-8-2)22-9-3/h12-14,16-17H,7-11H2,1-6H3,(H,18,19)/t13-,14+,24+/m0/s1. The molecule has 0 radical (unpaired) electrons. The average molecular weight is 367 g/mol. The van der Waals surface area contributed by atoms with Crippen molar-refractivity contribution in [3.05, 3.63) is 0 Å². The number of rotatable bonds is 14. The summed E-state index contributed by atoms with van der Waals surface area (Å²) in [6.45, 7) is 11.9. The van der Waals surface area contributed by atoms with Gasteiger partial charge in [0.2, 0.25) is 6.03 Å². The second-order valence-corrected chi connectivity index (χ2v) is 8.49. The second-order valence-electron chi connectivity index (χ2n) is 5.89. The van der Waals surface area contributed by atoms with Crippen molar-refractivity contribution in [1.29, 1.82) is 0 Å². The van der Waals surface area contributed by atoms with Crippen LogP contribution >= 0.6 is 7.37 Å². The molecule has 0 rings (SSSR count). The van der Waals surface area contributed by atoms with E-state index in [1.807, 2.05) is 20.8 Å². The lowest BCUT2D eigenvalue weighted by Crippen LogP contribution is -2.45. The first-order valence-electron chi connectivity index (χ1n) is 8.72. The van der Waals surface area contributed by atoms with Gasteiger partial charge in [0.25, 0.3) is 7.37 Å². The number of hydrogen-bond donors (Lipinski definition) is 2. The molecule has 0 aliphatic heterocycles. The van der Waals surface area contributed by atoms with Gasteiger partial charge in [0.1, 0.15) is 6.04 Å². The molecule has 24 heavy (non-hydrogen) atoms. The second kappa shape index (κ2) is 12.0. The van der Waals surface area contributed by atoms with Crippen molar-refractivity contribution in [2.24, 2.45) is 5.92 Å². The van der Waals surface area contributed by atoms with Gasteiger partial charge in [-0.1, -0.05) is 20.8 Å². The molecule has 3 atom stereocenters. The lowest BCUT2D eigenvalue weighted by Gasteiger charge is -2.34. The summed E-state index contributed by atoms with van der Waals surface area (Å²) >= 11 is 0. The van der Waals surface area contributed by atoms with Crippen LogP contribution in [-0.2, 0) is 23.4 Å². The summed E-state index contributed by atoms with van der Waals surface area (Å²) in [6, 6.07) is -1.80. The summed E-state index contributed by atoms with van der Waals surface area (Å²) in [7, 11) is -3.43. The van der Waals surface area contributed by atoms with E-state index >= 15 is 0 Å². The van der Waals surface area contributed by atoms with Crippen LogP contribution in [0.25, 0.3) is 0 Å². The minimum absolute atomic E-state index is 0.192. The van der Waals surface area contributed by atoms with Crippen LogP contribution in [0.3, 0.4) is 0 Å². The van der Waals surface area contributed by atoms with Crippen molar-refractivity contribution >= 4 is 13.3 Å². The molecule has 0 amide bonds. The summed E-state index contributed by atoms with van der Waals surface area (Å²) in [4.78, 5) is 11.5. The molecule has 0 aromatic rings. The highest BCUT2D eigenvalue weighted by atomic mass is 31.2. The van der Waals surface area contributed by atoms with Crippen molar-refractivity contribution in [2.45, 2.75) is 72.2 Å². The molecule has 0 aliphatic rings. The van der Waals surface area contributed by atoms with Crippen LogP contribution in [-0.4, -0.2) is 48.8 Å². The predicted octanol–water partition coefficient (Wildman–Crippen LogP) is 3.48. The lowest BCUT2D eigenvalue weighted by atomic mass is 10.0. The zero-order valence-electron chi connectivity index (χ0n) is 15.8. The Balaban J connectivity index is 5.52. The third-order valence-corrected chi connectivity index (χ3v) is 6.39. The molecule has 7 nitrogen and oxygen atoms in total. The summed E-state index contributed by atoms with van der Waals surface area (Å²) in [5, 5.41) is 12.5. The highest BCUT2D eigenvalue weighted by molar-refractivity contribution is 7.60. The van der Waals surface area contributed by atoms with Gasteiger partial charge in [0.05, 0.1) is 12.4 Å². The van der Waals surface area contributed by atoms with Crippen LogP contribution in [0.5, 0.6) is 0 Å². The number of nitrogens with one attached hydrogen (secondary N) is 1. The number of ether oxygens (including phenoxy) is 2. The quantitative estimate of drug-likeness (QED) is 0.358. The Kier molecular flexibility index (Phi) is 11.8. The molecule has 0 bridgehead atoms. The topological polar surface area (TPSA) is 94.1 Å². The van der Waals surface area contributed by atoms with E-state index in [0.717, 1.165) is 0 Å². The van der Waals surface area contributed by atoms with Gasteiger partial charge in [-0.2, -0.15) is 0 Å². The van der Waals surface area contributed by atoms with Gasteiger partial charge in [-0.25, -0.2) is 0 Å². The first-order chi connectivity index (χ1) is 11.3. The third-order valence-electron chi connectivity index (χ3n) is 3.46. The minimum atomic E-state index is -3.43. The average Bonchev–Trinajstić information content (AvgIpc) is 2.50. The first kappa shape index (κ1) is 23.5. The Morgan fingerprint density at radius 1 is 1.08 bits per heavy atom. The Morgan fingerprint density at radius 3 is 1.96 bits per heavy atom. The van der Waals surface area contributed by atoms with Crippen molar-refractivity contribution in [3.8, 4) is 0 Å². The number of carboxylic acid groups (broad SMARTS) is 1.